The number of fused-ring (bicyclic) bond motifs is 8. The van der Waals surface area contributed by atoms with Crippen molar-refractivity contribution in [2.75, 3.05) is 0 Å². The third-order valence-electron chi connectivity index (χ3n) is 11.6. The maximum Gasteiger partial charge on any atom is 0.187 e. The van der Waals surface area contributed by atoms with E-state index in [9.17, 15) is 0 Å². The molecule has 0 heterocycles. The summed E-state index contributed by atoms with van der Waals surface area (Å²) in [6.45, 7) is 11.9. The number of rotatable bonds is 3. The molecule has 0 spiro atoms. The maximum atomic E-state index is 7.67. The fourth-order valence-corrected chi connectivity index (χ4v) is 9.66. The van der Waals surface area contributed by atoms with Gasteiger partial charge in [-0.2, -0.15) is 0 Å². The van der Waals surface area contributed by atoms with Crippen molar-refractivity contribution in [1.82, 2.24) is 0 Å². The quantitative estimate of drug-likeness (QED) is 0.132. The topological polar surface area (TPSA) is 4.36 Å². The van der Waals surface area contributed by atoms with E-state index in [4.69, 9.17) is 6.57 Å². The van der Waals surface area contributed by atoms with E-state index in [0.29, 0.717) is 5.69 Å². The van der Waals surface area contributed by atoms with Crippen LogP contribution in [0.5, 0.6) is 0 Å². The predicted molar refractivity (Wildman–Crippen MR) is 223 cm³/mol. The van der Waals surface area contributed by atoms with Crippen LogP contribution in [0.25, 0.3) is 114 Å². The molecule has 0 N–H and O–H groups in total. The van der Waals surface area contributed by atoms with Gasteiger partial charge in [0.15, 0.2) is 5.69 Å². The third-order valence-corrected chi connectivity index (χ3v) is 11.6. The zero-order valence-corrected chi connectivity index (χ0v) is 28.9. The number of nitrogens with zero attached hydrogens (tertiary/aromatic N) is 1. The van der Waals surface area contributed by atoms with Gasteiger partial charge in [0, 0.05) is 0 Å². The molecular formula is C51H31N. The minimum Gasteiger partial charge on any atom is -0.238 e. The van der Waals surface area contributed by atoms with Crippen LogP contribution in [0, 0.1) is 20.4 Å². The van der Waals surface area contributed by atoms with Crippen molar-refractivity contribution in [2.24, 2.45) is 0 Å². The summed E-state index contributed by atoms with van der Waals surface area (Å²) >= 11 is 0. The molecule has 0 radical (unpaired) electrons. The normalized spacial score (nSPS) is 12.0. The van der Waals surface area contributed by atoms with Crippen LogP contribution in [-0.2, 0) is 0 Å². The second kappa shape index (κ2) is 10.6. The van der Waals surface area contributed by atoms with E-state index >= 15 is 0 Å². The summed E-state index contributed by atoms with van der Waals surface area (Å²) in [5.74, 6) is 0. The molecule has 11 rings (SSSR count). The summed E-state index contributed by atoms with van der Waals surface area (Å²) in [6, 6.07) is 56.0. The summed E-state index contributed by atoms with van der Waals surface area (Å²) in [4.78, 5) is 3.76. The Morgan fingerprint density at radius 1 is 0.346 bits per heavy atom. The van der Waals surface area contributed by atoms with Crippen LogP contribution in [0.3, 0.4) is 0 Å². The van der Waals surface area contributed by atoms with Gasteiger partial charge in [0.05, 0.1) is 6.57 Å². The number of benzene rings is 9. The highest BCUT2D eigenvalue weighted by atomic mass is 14.6. The van der Waals surface area contributed by atoms with Crippen LogP contribution in [-0.4, -0.2) is 0 Å². The lowest BCUT2D eigenvalue weighted by Crippen LogP contribution is -1.91. The lowest BCUT2D eigenvalue weighted by Gasteiger charge is -2.19. The Morgan fingerprint density at radius 2 is 0.846 bits per heavy atom. The zero-order chi connectivity index (χ0) is 34.7. The summed E-state index contributed by atoms with van der Waals surface area (Å²) in [5.41, 5.74) is 10.4. The van der Waals surface area contributed by atoms with E-state index in [1.807, 2.05) is 12.1 Å². The molecule has 0 aliphatic rings. The zero-order valence-electron chi connectivity index (χ0n) is 28.9. The number of aryl methyl sites for hydroxylation is 2. The second-order valence-corrected chi connectivity index (χ2v) is 14.3. The summed E-state index contributed by atoms with van der Waals surface area (Å²) in [6.07, 6.45) is 0. The summed E-state index contributed by atoms with van der Waals surface area (Å²) < 4.78 is 0. The van der Waals surface area contributed by atoms with Gasteiger partial charge < -0.3 is 0 Å². The van der Waals surface area contributed by atoms with E-state index in [0.717, 1.165) is 11.1 Å². The van der Waals surface area contributed by atoms with E-state index in [1.54, 1.807) is 0 Å². The van der Waals surface area contributed by atoms with Crippen molar-refractivity contribution in [1.29, 1.82) is 0 Å². The standard InChI is InChI=1S/C51H31N/c1-29-26-33(52-3)27-30(2)44(29)38-24-25-41-47-37(38)21-13-23-40(47)50-45(31-14-6-4-7-15-31)43-28-42-35-19-11-10-18-34(35)36-20-12-22-39(48(36)42)49(43)46(51(41)50)32-16-8-5-9-17-32/h4-28H,1-2H3. The van der Waals surface area contributed by atoms with E-state index in [2.05, 4.69) is 158 Å². The smallest absolute Gasteiger partial charge is 0.187 e. The molecule has 11 aromatic rings. The largest absolute Gasteiger partial charge is 0.238 e. The SMILES string of the molecule is [C-]#[N+]c1cc(C)c(-c2ccc3c4c(-c5ccccc5)c5c(cc6c7ccccc7c7cccc5c76)c(-c5ccccc5)c4c4cccc2c43)c(C)c1. The molecule has 0 saturated heterocycles. The monoisotopic (exact) mass is 657 g/mol. The second-order valence-electron chi connectivity index (χ2n) is 14.3. The van der Waals surface area contributed by atoms with Crippen molar-refractivity contribution in [2.45, 2.75) is 13.8 Å². The first-order valence-electron chi connectivity index (χ1n) is 18.0. The van der Waals surface area contributed by atoms with Crippen LogP contribution in [0.1, 0.15) is 11.1 Å². The Balaban J connectivity index is 1.43. The predicted octanol–water partition coefficient (Wildman–Crippen LogP) is 14.8. The highest BCUT2D eigenvalue weighted by molar-refractivity contribution is 6.45. The minimum absolute atomic E-state index is 0.689. The Labute approximate surface area is 301 Å². The number of hydrogen-bond acceptors (Lipinski definition) is 0. The summed E-state index contributed by atoms with van der Waals surface area (Å²) in [7, 11) is 0. The molecule has 0 unspecified atom stereocenters. The first kappa shape index (κ1) is 29.0. The highest BCUT2D eigenvalue weighted by Crippen LogP contribution is 2.55. The van der Waals surface area contributed by atoms with Crippen LogP contribution in [0.4, 0.5) is 5.69 Å². The van der Waals surface area contributed by atoms with Crippen molar-refractivity contribution < 1.29 is 0 Å². The molecule has 240 valence electrons. The average Bonchev–Trinajstić information content (AvgIpc) is 3.69. The molecule has 1 nitrogen and oxygen atoms in total. The van der Waals surface area contributed by atoms with Crippen LogP contribution in [0.15, 0.2) is 152 Å². The van der Waals surface area contributed by atoms with Gasteiger partial charge >= 0.3 is 0 Å². The van der Waals surface area contributed by atoms with Gasteiger partial charge in [-0.3, -0.25) is 0 Å². The molecule has 0 aromatic heterocycles. The maximum absolute atomic E-state index is 7.67. The van der Waals surface area contributed by atoms with Crippen LogP contribution in [0.2, 0.25) is 0 Å². The van der Waals surface area contributed by atoms with Crippen molar-refractivity contribution in [3.05, 3.63) is 174 Å². The Bertz CT molecular complexity index is 3270. The molecule has 0 amide bonds. The molecule has 0 bridgehead atoms. The van der Waals surface area contributed by atoms with Crippen LogP contribution >= 0.6 is 0 Å². The fourth-order valence-electron chi connectivity index (χ4n) is 9.66. The first-order chi connectivity index (χ1) is 25.6. The van der Waals surface area contributed by atoms with Gasteiger partial charge in [0.1, 0.15) is 0 Å². The van der Waals surface area contributed by atoms with Gasteiger partial charge in [0.2, 0.25) is 0 Å². The number of hydrogen-bond donors (Lipinski definition) is 0. The van der Waals surface area contributed by atoms with Crippen molar-refractivity contribution >= 4 is 81.1 Å². The lowest BCUT2D eigenvalue weighted by molar-refractivity contribution is 1.39. The Hall–Kier alpha value is -6.75. The van der Waals surface area contributed by atoms with Crippen LogP contribution < -0.4 is 0 Å². The highest BCUT2D eigenvalue weighted by Gasteiger charge is 2.27. The van der Waals surface area contributed by atoms with Crippen molar-refractivity contribution in [3.8, 4) is 33.4 Å². The minimum atomic E-state index is 0.689. The van der Waals surface area contributed by atoms with Gasteiger partial charge in [-0.15, -0.1) is 0 Å². The average molecular weight is 658 g/mol. The molecule has 52 heavy (non-hydrogen) atoms. The van der Waals surface area contributed by atoms with Crippen molar-refractivity contribution in [3.63, 3.8) is 0 Å². The van der Waals surface area contributed by atoms with E-state index in [-0.39, 0.29) is 0 Å². The van der Waals surface area contributed by atoms with Gasteiger partial charge in [-0.05, 0) is 129 Å². The lowest BCUT2D eigenvalue weighted by atomic mass is 9.84. The Kier molecular flexibility index (Phi) is 5.93. The molecule has 0 fully saturated rings. The van der Waals surface area contributed by atoms with Gasteiger partial charge in [0.25, 0.3) is 0 Å². The van der Waals surface area contributed by atoms with E-state index < -0.39 is 0 Å². The molecule has 0 aliphatic heterocycles. The molecular weight excluding hydrogens is 627 g/mol. The molecule has 0 aliphatic carbocycles. The Morgan fingerprint density at radius 3 is 1.52 bits per heavy atom. The van der Waals surface area contributed by atoms with Gasteiger partial charge in [-0.25, -0.2) is 4.85 Å². The summed E-state index contributed by atoms with van der Waals surface area (Å²) in [5, 5.41) is 18.2. The fraction of sp³-hybridized carbons (Fsp3) is 0.0392. The van der Waals surface area contributed by atoms with E-state index in [1.165, 1.54) is 109 Å². The third kappa shape index (κ3) is 3.76. The van der Waals surface area contributed by atoms with Gasteiger partial charge in [-0.1, -0.05) is 157 Å². The first-order valence-corrected chi connectivity index (χ1v) is 18.0. The molecule has 0 atom stereocenters. The molecule has 1 heteroatoms. The molecule has 0 saturated carbocycles. The molecule has 11 aromatic carbocycles.